The average molecular weight is 668 g/mol. The van der Waals surface area contributed by atoms with Gasteiger partial charge in [-0.25, -0.2) is 4.90 Å². The first-order valence-corrected chi connectivity index (χ1v) is 15.1. The number of hydrogen-bond donors (Lipinski definition) is 1. The highest BCUT2D eigenvalue weighted by Gasteiger charge is 2.56. The number of nitrogens with one attached hydrogen (secondary N) is 1. The van der Waals surface area contributed by atoms with Crippen LogP contribution in [-0.2, 0) is 22.4 Å². The van der Waals surface area contributed by atoms with E-state index in [0.29, 0.717) is 42.6 Å². The number of amides is 2. The number of H-pyrrole nitrogens is 1. The molecule has 3 heterocycles. The average Bonchev–Trinajstić information content (AvgIpc) is 3.46. The molecule has 222 valence electrons. The van der Waals surface area contributed by atoms with Crippen molar-refractivity contribution in [2.24, 2.45) is 5.92 Å². The summed E-state index contributed by atoms with van der Waals surface area (Å²) in [7, 11) is 1.44. The molecule has 0 saturated carbocycles. The standard InChI is InChI=1S/C29H19Cl2F3N2O5S2/c1-40-20-9-13(6-8-19(20)41-12-14-5-7-16(30)11-18(14)31)21-22-24(42-25-23(21)43-28(39)35-25)27(38)36(26(22)37)17-4-2-3-15(10-17)29(32,33)34/h2-11,21-22,24H,12H2,1H3,(H,35,39)/t21-,22?,24?/m1/s1. The van der Waals surface area contributed by atoms with Gasteiger partial charge in [-0.1, -0.05) is 64.5 Å². The van der Waals surface area contributed by atoms with Crippen molar-refractivity contribution in [3.05, 3.63) is 102 Å². The zero-order valence-corrected chi connectivity index (χ0v) is 25.1. The Bertz CT molecular complexity index is 1830. The number of thiazole rings is 1. The maximum atomic E-state index is 13.9. The number of aromatic nitrogens is 1. The molecule has 1 aromatic heterocycles. The number of fused-ring (bicyclic) bond motifs is 2. The fourth-order valence-corrected chi connectivity index (χ4v) is 8.22. The Morgan fingerprint density at radius 3 is 2.49 bits per heavy atom. The van der Waals surface area contributed by atoms with E-state index in [2.05, 4.69) is 4.98 Å². The van der Waals surface area contributed by atoms with Crippen LogP contribution in [0.25, 0.3) is 0 Å². The topological polar surface area (TPSA) is 88.7 Å². The third kappa shape index (κ3) is 5.41. The molecule has 7 nitrogen and oxygen atoms in total. The number of methoxy groups -OCH3 is 1. The molecular formula is C29H19Cl2F3N2O5S2. The van der Waals surface area contributed by atoms with Gasteiger partial charge in [-0.3, -0.25) is 14.4 Å². The predicted molar refractivity (Wildman–Crippen MR) is 158 cm³/mol. The molecule has 0 radical (unpaired) electrons. The van der Waals surface area contributed by atoms with Crippen molar-refractivity contribution in [1.82, 2.24) is 4.98 Å². The van der Waals surface area contributed by atoms with Gasteiger partial charge in [0.05, 0.1) is 29.3 Å². The zero-order valence-electron chi connectivity index (χ0n) is 21.9. The molecular weight excluding hydrogens is 648 g/mol. The number of thioether (sulfide) groups is 1. The maximum absolute atomic E-state index is 13.9. The normalized spacial score (nSPS) is 19.8. The Morgan fingerprint density at radius 2 is 1.77 bits per heavy atom. The van der Waals surface area contributed by atoms with Gasteiger partial charge in [0.1, 0.15) is 11.9 Å². The number of imide groups is 1. The molecule has 2 aliphatic heterocycles. The van der Waals surface area contributed by atoms with Crippen LogP contribution in [0.2, 0.25) is 10.0 Å². The molecule has 43 heavy (non-hydrogen) atoms. The first-order valence-electron chi connectivity index (χ1n) is 12.7. The monoisotopic (exact) mass is 666 g/mol. The number of anilines is 1. The van der Waals surface area contributed by atoms with Crippen LogP contribution in [0, 0.1) is 5.92 Å². The predicted octanol–water partition coefficient (Wildman–Crippen LogP) is 7.15. The molecule has 4 aromatic rings. The number of benzene rings is 3. The largest absolute Gasteiger partial charge is 0.493 e. The second kappa shape index (κ2) is 11.2. The Balaban J connectivity index is 1.37. The van der Waals surface area contributed by atoms with E-state index in [4.69, 9.17) is 32.7 Å². The molecule has 3 atom stereocenters. The summed E-state index contributed by atoms with van der Waals surface area (Å²) >= 11 is 14.2. The van der Waals surface area contributed by atoms with Crippen LogP contribution < -0.4 is 19.2 Å². The van der Waals surface area contributed by atoms with E-state index in [-0.39, 0.29) is 17.2 Å². The van der Waals surface area contributed by atoms with Gasteiger partial charge in [0.15, 0.2) is 11.5 Å². The van der Waals surface area contributed by atoms with E-state index in [9.17, 15) is 27.6 Å². The SMILES string of the molecule is COc1cc([C@H]2c3sc(=O)[nH]c3SC3C(=O)N(c4cccc(C(F)(F)F)c4)C(=O)C32)ccc1OCc1ccc(Cl)cc1Cl. The van der Waals surface area contributed by atoms with Gasteiger partial charge in [0.2, 0.25) is 11.8 Å². The quantitative estimate of drug-likeness (QED) is 0.220. The summed E-state index contributed by atoms with van der Waals surface area (Å²) in [5.41, 5.74) is 0.106. The highest BCUT2D eigenvalue weighted by Crippen LogP contribution is 2.54. The van der Waals surface area contributed by atoms with Crippen LogP contribution >= 0.6 is 46.3 Å². The lowest BCUT2D eigenvalue weighted by Gasteiger charge is -2.30. The molecule has 6 rings (SSSR count). The van der Waals surface area contributed by atoms with E-state index in [1.54, 1.807) is 36.4 Å². The van der Waals surface area contributed by atoms with Gasteiger partial charge in [0.25, 0.3) is 0 Å². The van der Waals surface area contributed by atoms with Crippen molar-refractivity contribution in [2.45, 2.75) is 29.0 Å². The summed E-state index contributed by atoms with van der Waals surface area (Å²) in [6.07, 6.45) is -4.66. The smallest absolute Gasteiger partial charge is 0.416 e. The van der Waals surface area contributed by atoms with Crippen LogP contribution in [0.5, 0.6) is 11.5 Å². The van der Waals surface area contributed by atoms with Crippen molar-refractivity contribution >= 4 is 63.8 Å². The van der Waals surface area contributed by atoms with Crippen molar-refractivity contribution < 1.29 is 32.2 Å². The summed E-state index contributed by atoms with van der Waals surface area (Å²) < 4.78 is 51.8. The molecule has 14 heteroatoms. The van der Waals surface area contributed by atoms with E-state index in [0.717, 1.165) is 46.2 Å². The van der Waals surface area contributed by atoms with Crippen LogP contribution in [0.3, 0.4) is 0 Å². The number of nitrogens with zero attached hydrogens (tertiary/aromatic N) is 1. The van der Waals surface area contributed by atoms with Gasteiger partial charge >= 0.3 is 11.0 Å². The number of carbonyl (C=O) groups excluding carboxylic acids is 2. The van der Waals surface area contributed by atoms with Gasteiger partial charge in [0, 0.05) is 26.4 Å². The molecule has 3 aromatic carbocycles. The van der Waals surface area contributed by atoms with E-state index in [1.807, 2.05) is 0 Å². The minimum absolute atomic E-state index is 0.110. The van der Waals surface area contributed by atoms with Crippen LogP contribution in [-0.4, -0.2) is 29.2 Å². The second-order valence-electron chi connectivity index (χ2n) is 9.74. The third-order valence-corrected chi connectivity index (χ3v) is 10.2. The summed E-state index contributed by atoms with van der Waals surface area (Å²) in [4.78, 5) is 43.6. The summed E-state index contributed by atoms with van der Waals surface area (Å²) in [5.74, 6) is -2.36. The molecule has 0 aliphatic carbocycles. The molecule has 1 N–H and O–H groups in total. The zero-order chi connectivity index (χ0) is 30.6. The minimum atomic E-state index is -4.66. The van der Waals surface area contributed by atoms with Crippen LogP contribution in [0.15, 0.2) is 70.5 Å². The fraction of sp³-hybridized carbons (Fsp3) is 0.207. The van der Waals surface area contributed by atoms with Gasteiger partial charge < -0.3 is 14.5 Å². The fourth-order valence-electron chi connectivity index (χ4n) is 5.24. The Labute approximate surface area is 260 Å². The summed E-state index contributed by atoms with van der Waals surface area (Å²) in [5, 5.41) is 0.375. The highest BCUT2D eigenvalue weighted by molar-refractivity contribution is 8.00. The lowest BCUT2D eigenvalue weighted by atomic mass is 9.83. The molecule has 0 spiro atoms. The lowest BCUT2D eigenvalue weighted by molar-refractivity contribution is -0.137. The molecule has 2 aliphatic rings. The summed E-state index contributed by atoms with van der Waals surface area (Å²) in [6, 6.07) is 14.1. The third-order valence-electron chi connectivity index (χ3n) is 7.20. The Hall–Kier alpha value is -3.45. The van der Waals surface area contributed by atoms with E-state index in [1.165, 1.54) is 13.2 Å². The van der Waals surface area contributed by atoms with Crippen molar-refractivity contribution in [3.8, 4) is 11.5 Å². The molecule has 2 amide bonds. The van der Waals surface area contributed by atoms with Gasteiger partial charge in [-0.15, -0.1) is 0 Å². The molecule has 0 bridgehead atoms. The maximum Gasteiger partial charge on any atom is 0.416 e. The number of carbonyl (C=O) groups is 2. The number of aromatic amines is 1. The number of rotatable bonds is 6. The van der Waals surface area contributed by atoms with Gasteiger partial charge in [-0.2, -0.15) is 13.2 Å². The van der Waals surface area contributed by atoms with Crippen molar-refractivity contribution in [1.29, 1.82) is 0 Å². The second-order valence-corrected chi connectivity index (χ2v) is 12.8. The highest BCUT2D eigenvalue weighted by atomic mass is 35.5. The molecule has 2 unspecified atom stereocenters. The Kier molecular flexibility index (Phi) is 7.74. The van der Waals surface area contributed by atoms with Crippen molar-refractivity contribution in [3.63, 3.8) is 0 Å². The van der Waals surface area contributed by atoms with Gasteiger partial charge in [-0.05, 0) is 48.0 Å². The van der Waals surface area contributed by atoms with Crippen LogP contribution in [0.1, 0.15) is 27.5 Å². The minimum Gasteiger partial charge on any atom is -0.493 e. The molecule has 1 saturated heterocycles. The van der Waals surface area contributed by atoms with Crippen molar-refractivity contribution in [2.75, 3.05) is 12.0 Å². The van der Waals surface area contributed by atoms with E-state index >= 15 is 0 Å². The number of halogens is 5. The lowest BCUT2D eigenvalue weighted by Crippen LogP contribution is -2.32. The number of ether oxygens (including phenoxy) is 2. The number of hydrogen-bond acceptors (Lipinski definition) is 7. The summed E-state index contributed by atoms with van der Waals surface area (Å²) in [6.45, 7) is 0.110. The van der Waals surface area contributed by atoms with Crippen LogP contribution in [0.4, 0.5) is 18.9 Å². The van der Waals surface area contributed by atoms with E-state index < -0.39 is 40.6 Å². The molecule has 1 fully saturated rings. The first-order chi connectivity index (χ1) is 20.5. The Morgan fingerprint density at radius 1 is 0.977 bits per heavy atom. The first kappa shape index (κ1) is 29.6. The number of alkyl halides is 3.